The van der Waals surface area contributed by atoms with Crippen LogP contribution in [0.4, 0.5) is 5.13 Å². The van der Waals surface area contributed by atoms with Crippen LogP contribution in [0.3, 0.4) is 0 Å². The molecule has 9 nitrogen and oxygen atoms in total. The molecule has 0 atom stereocenters. The molecular weight excluding hydrogens is 482 g/mol. The molecule has 1 fully saturated rings. The summed E-state index contributed by atoms with van der Waals surface area (Å²) in [5.41, 5.74) is 2.46. The maximum absolute atomic E-state index is 12.4. The fourth-order valence-electron chi connectivity index (χ4n) is 3.31. The summed E-state index contributed by atoms with van der Waals surface area (Å²) in [5, 5.41) is 11.3. The molecule has 33 heavy (non-hydrogen) atoms. The van der Waals surface area contributed by atoms with Gasteiger partial charge in [-0.25, -0.2) is 8.42 Å². The molecule has 2 aromatic rings. The van der Waals surface area contributed by atoms with Gasteiger partial charge in [0.15, 0.2) is 4.34 Å². The van der Waals surface area contributed by atoms with Crippen LogP contribution in [-0.4, -0.2) is 85.0 Å². The van der Waals surface area contributed by atoms with E-state index in [4.69, 9.17) is 0 Å². The number of benzene rings is 1. The predicted molar refractivity (Wildman–Crippen MR) is 131 cm³/mol. The van der Waals surface area contributed by atoms with E-state index in [0.29, 0.717) is 37.9 Å². The fraction of sp³-hybridized carbons (Fsp3) is 0.524. The Kier molecular flexibility index (Phi) is 9.24. The highest BCUT2D eigenvalue weighted by Gasteiger charge is 2.22. The van der Waals surface area contributed by atoms with Gasteiger partial charge in [-0.3, -0.25) is 14.5 Å². The first-order valence-corrected chi connectivity index (χ1v) is 14.5. The number of carbonyl (C=O) groups is 2. The molecule has 0 spiro atoms. The number of thioether (sulfide) groups is 1. The molecular formula is C21H29N5O4S3. The molecule has 1 N–H and O–H groups in total. The van der Waals surface area contributed by atoms with Gasteiger partial charge < -0.3 is 10.2 Å². The number of carbonyl (C=O) groups excluding carboxylic acids is 2. The van der Waals surface area contributed by atoms with E-state index >= 15 is 0 Å². The lowest BCUT2D eigenvalue weighted by Gasteiger charge is -2.34. The summed E-state index contributed by atoms with van der Waals surface area (Å²) in [7, 11) is -2.99. The molecule has 3 rings (SSSR count). The minimum atomic E-state index is -2.99. The van der Waals surface area contributed by atoms with Crippen molar-refractivity contribution < 1.29 is 18.0 Å². The molecule has 1 saturated heterocycles. The Bertz CT molecular complexity index is 1070. The number of hydrogen-bond acceptors (Lipinski definition) is 9. The monoisotopic (exact) mass is 511 g/mol. The number of aryl methyl sites for hydroxylation is 1. The van der Waals surface area contributed by atoms with Crippen LogP contribution in [0.2, 0.25) is 0 Å². The van der Waals surface area contributed by atoms with E-state index in [1.807, 2.05) is 17.0 Å². The highest BCUT2D eigenvalue weighted by molar-refractivity contribution is 8.00. The largest absolute Gasteiger partial charge is 0.340 e. The van der Waals surface area contributed by atoms with Crippen molar-refractivity contribution >= 4 is 49.9 Å². The second-order valence-electron chi connectivity index (χ2n) is 7.99. The zero-order valence-corrected chi connectivity index (χ0v) is 21.3. The van der Waals surface area contributed by atoms with Crippen molar-refractivity contribution in [3.05, 3.63) is 35.4 Å². The van der Waals surface area contributed by atoms with E-state index in [9.17, 15) is 18.0 Å². The number of anilines is 1. The zero-order valence-electron chi connectivity index (χ0n) is 18.8. The number of hydrogen-bond donors (Lipinski definition) is 1. The van der Waals surface area contributed by atoms with E-state index in [1.54, 1.807) is 16.7 Å². The first-order valence-electron chi connectivity index (χ1n) is 10.7. The molecule has 0 radical (unpaired) electrons. The van der Waals surface area contributed by atoms with Gasteiger partial charge in [-0.2, -0.15) is 0 Å². The highest BCUT2D eigenvalue weighted by atomic mass is 32.2. The topological polar surface area (TPSA) is 113 Å². The number of amides is 2. The summed E-state index contributed by atoms with van der Waals surface area (Å²) in [6, 6.07) is 8.17. The van der Waals surface area contributed by atoms with Crippen LogP contribution >= 0.6 is 23.1 Å². The zero-order chi connectivity index (χ0) is 23.8. The van der Waals surface area contributed by atoms with Crippen LogP contribution in [-0.2, 0) is 25.2 Å². The SMILES string of the molecule is Cc1ccccc1CSc1nnc(NC(=O)CCC(=O)N2CCN(CCS(C)(=O)=O)CC2)s1. The van der Waals surface area contributed by atoms with Gasteiger partial charge in [-0.1, -0.05) is 47.4 Å². The molecule has 1 aromatic carbocycles. The molecule has 1 aromatic heterocycles. The Morgan fingerprint density at radius 3 is 2.55 bits per heavy atom. The summed E-state index contributed by atoms with van der Waals surface area (Å²) in [6.45, 7) is 4.92. The Morgan fingerprint density at radius 1 is 1.12 bits per heavy atom. The predicted octanol–water partition coefficient (Wildman–Crippen LogP) is 2.05. The molecule has 1 aliphatic rings. The smallest absolute Gasteiger partial charge is 0.226 e. The second-order valence-corrected chi connectivity index (χ2v) is 12.4. The highest BCUT2D eigenvalue weighted by Crippen LogP contribution is 2.29. The van der Waals surface area contributed by atoms with Gasteiger partial charge in [-0.15, -0.1) is 10.2 Å². The van der Waals surface area contributed by atoms with Gasteiger partial charge in [0.05, 0.1) is 5.75 Å². The van der Waals surface area contributed by atoms with Gasteiger partial charge in [0.2, 0.25) is 16.9 Å². The number of nitrogens with one attached hydrogen (secondary N) is 1. The fourth-order valence-corrected chi connectivity index (χ4v) is 5.74. The lowest BCUT2D eigenvalue weighted by molar-refractivity contribution is -0.134. The molecule has 0 saturated carbocycles. The van der Waals surface area contributed by atoms with Gasteiger partial charge in [0.1, 0.15) is 9.84 Å². The summed E-state index contributed by atoms with van der Waals surface area (Å²) in [6.07, 6.45) is 1.44. The Balaban J connectivity index is 1.36. The number of nitrogens with zero attached hydrogens (tertiary/aromatic N) is 4. The Labute approximate surface area is 202 Å². The first kappa shape index (κ1) is 25.6. The number of rotatable bonds is 10. The van der Waals surface area contributed by atoms with Crippen molar-refractivity contribution in [2.24, 2.45) is 0 Å². The second kappa shape index (κ2) is 11.9. The van der Waals surface area contributed by atoms with Crippen LogP contribution in [0.25, 0.3) is 0 Å². The molecule has 2 heterocycles. The van der Waals surface area contributed by atoms with Crippen molar-refractivity contribution in [1.29, 1.82) is 0 Å². The quantitative estimate of drug-likeness (QED) is 0.381. The number of aromatic nitrogens is 2. The van der Waals surface area contributed by atoms with E-state index in [2.05, 4.69) is 34.6 Å². The van der Waals surface area contributed by atoms with Crippen LogP contribution in [0.5, 0.6) is 0 Å². The Morgan fingerprint density at radius 2 is 1.85 bits per heavy atom. The van der Waals surface area contributed by atoms with Gasteiger partial charge >= 0.3 is 0 Å². The number of sulfone groups is 1. The maximum Gasteiger partial charge on any atom is 0.226 e. The van der Waals surface area contributed by atoms with Crippen LogP contribution in [0.1, 0.15) is 24.0 Å². The molecule has 1 aliphatic heterocycles. The molecule has 12 heteroatoms. The molecule has 180 valence electrons. The average Bonchev–Trinajstić information content (AvgIpc) is 3.22. The van der Waals surface area contributed by atoms with Crippen LogP contribution in [0.15, 0.2) is 28.6 Å². The summed E-state index contributed by atoms with van der Waals surface area (Å²) in [4.78, 5) is 28.5. The maximum atomic E-state index is 12.4. The summed E-state index contributed by atoms with van der Waals surface area (Å²) in [5.74, 6) is 0.575. The van der Waals surface area contributed by atoms with Crippen molar-refractivity contribution in [3.63, 3.8) is 0 Å². The molecule has 0 unspecified atom stereocenters. The molecule has 0 aliphatic carbocycles. The van der Waals surface area contributed by atoms with Crippen molar-refractivity contribution in [3.8, 4) is 0 Å². The third-order valence-corrected chi connectivity index (χ3v) is 8.28. The lowest BCUT2D eigenvalue weighted by atomic mass is 10.1. The van der Waals surface area contributed by atoms with E-state index < -0.39 is 9.84 Å². The van der Waals surface area contributed by atoms with Crippen molar-refractivity contribution in [1.82, 2.24) is 20.0 Å². The van der Waals surface area contributed by atoms with Crippen LogP contribution in [0, 0.1) is 6.92 Å². The first-order chi connectivity index (χ1) is 15.7. The van der Waals surface area contributed by atoms with E-state index in [-0.39, 0.29) is 30.4 Å². The molecule has 2 amide bonds. The lowest BCUT2D eigenvalue weighted by Crippen LogP contribution is -2.49. The minimum Gasteiger partial charge on any atom is -0.340 e. The normalized spacial score (nSPS) is 14.9. The van der Waals surface area contributed by atoms with E-state index in [0.717, 1.165) is 10.1 Å². The Hall–Kier alpha value is -2.02. The van der Waals surface area contributed by atoms with Gasteiger partial charge in [0, 0.05) is 57.6 Å². The summed E-state index contributed by atoms with van der Waals surface area (Å²) < 4.78 is 23.4. The number of piperazine rings is 1. The third-order valence-electron chi connectivity index (χ3n) is 5.33. The van der Waals surface area contributed by atoms with Gasteiger partial charge in [0.25, 0.3) is 0 Å². The minimum absolute atomic E-state index is 0.0698. The standard InChI is InChI=1S/C21H29N5O4S3/c1-16-5-3-4-6-17(16)15-31-21-24-23-20(32-21)22-18(27)7-8-19(28)26-11-9-25(10-12-26)13-14-33(2,29)30/h3-6H,7-15H2,1-2H3,(H,22,23,27). The average molecular weight is 512 g/mol. The summed E-state index contributed by atoms with van der Waals surface area (Å²) >= 11 is 2.89. The van der Waals surface area contributed by atoms with E-state index in [1.165, 1.54) is 28.7 Å². The third kappa shape index (κ3) is 8.69. The van der Waals surface area contributed by atoms with Crippen LogP contribution < -0.4 is 5.32 Å². The van der Waals surface area contributed by atoms with Gasteiger partial charge in [-0.05, 0) is 18.1 Å². The van der Waals surface area contributed by atoms with Crippen molar-refractivity contribution in [2.75, 3.05) is 50.0 Å². The molecule has 0 bridgehead atoms. The van der Waals surface area contributed by atoms with Crippen molar-refractivity contribution in [2.45, 2.75) is 29.9 Å².